The van der Waals surface area contributed by atoms with Gasteiger partial charge in [-0.1, -0.05) is 30.3 Å². The maximum absolute atomic E-state index is 13.1. The number of halogens is 3. The van der Waals surface area contributed by atoms with Crippen molar-refractivity contribution in [2.75, 3.05) is 0 Å². The molecule has 118 valence electrons. The van der Waals surface area contributed by atoms with E-state index in [1.54, 1.807) is 44.3 Å². The number of nitrogens with one attached hydrogen (secondary N) is 1. The van der Waals surface area contributed by atoms with Crippen LogP contribution in [0.15, 0.2) is 30.3 Å². The summed E-state index contributed by atoms with van der Waals surface area (Å²) in [6.45, 7) is 4.69. The Labute approximate surface area is 121 Å². The van der Waals surface area contributed by atoms with Crippen LogP contribution in [-0.4, -0.2) is 23.9 Å². The van der Waals surface area contributed by atoms with Crippen LogP contribution < -0.4 is 11.1 Å². The Bertz CT molecular complexity index is 469. The minimum Gasteiger partial charge on any atom is -0.444 e. The van der Waals surface area contributed by atoms with Gasteiger partial charge in [-0.2, -0.15) is 13.2 Å². The van der Waals surface area contributed by atoms with Crippen LogP contribution in [-0.2, 0) is 4.74 Å². The second-order valence-electron chi connectivity index (χ2n) is 5.60. The molecule has 0 heterocycles. The summed E-state index contributed by atoms with van der Waals surface area (Å²) in [5.74, 6) is 0. The summed E-state index contributed by atoms with van der Waals surface area (Å²) in [5, 5.41) is 1.80. The van der Waals surface area contributed by atoms with E-state index in [1.165, 1.54) is 12.1 Å². The van der Waals surface area contributed by atoms with E-state index in [0.29, 0.717) is 0 Å². The molecule has 1 aromatic carbocycles. The van der Waals surface area contributed by atoms with Gasteiger partial charge in [-0.25, -0.2) is 4.79 Å². The minimum atomic E-state index is -4.69. The third kappa shape index (κ3) is 5.63. The molecule has 0 fully saturated rings. The zero-order valence-corrected chi connectivity index (χ0v) is 12.1. The number of carbonyl (C=O) groups excluding carboxylic acids is 1. The normalized spacial score (nSPS) is 15.2. The molecule has 4 nitrogen and oxygen atoms in total. The van der Waals surface area contributed by atoms with Gasteiger partial charge in [-0.3, -0.25) is 0 Å². The van der Waals surface area contributed by atoms with Gasteiger partial charge in [0, 0.05) is 0 Å². The number of rotatable bonds is 3. The molecule has 7 heteroatoms. The molecule has 0 aliphatic heterocycles. The summed E-state index contributed by atoms with van der Waals surface area (Å²) in [6, 6.07) is 4.13. The highest BCUT2D eigenvalue weighted by molar-refractivity contribution is 5.68. The number of carbonyl (C=O) groups is 1. The van der Waals surface area contributed by atoms with Gasteiger partial charge in [-0.05, 0) is 26.3 Å². The lowest BCUT2D eigenvalue weighted by atomic mass is 10.00. The molecule has 3 N–H and O–H groups in total. The molecule has 2 atom stereocenters. The maximum atomic E-state index is 13.1. The van der Waals surface area contributed by atoms with Crippen molar-refractivity contribution in [2.24, 2.45) is 5.73 Å². The van der Waals surface area contributed by atoms with Gasteiger partial charge < -0.3 is 15.8 Å². The van der Waals surface area contributed by atoms with Crippen LogP contribution in [0.25, 0.3) is 0 Å². The molecule has 21 heavy (non-hydrogen) atoms. The van der Waals surface area contributed by atoms with Gasteiger partial charge in [0.15, 0.2) is 0 Å². The SMILES string of the molecule is CC(C)(C)OC(=O)N[C@@H]([C@H](N)c1ccccc1)C(F)(F)F. The van der Waals surface area contributed by atoms with Gasteiger partial charge in [-0.15, -0.1) is 0 Å². The average molecular weight is 304 g/mol. The highest BCUT2D eigenvalue weighted by atomic mass is 19.4. The Balaban J connectivity index is 2.90. The molecule has 0 bridgehead atoms. The Morgan fingerprint density at radius 1 is 1.19 bits per heavy atom. The first-order valence-electron chi connectivity index (χ1n) is 6.37. The van der Waals surface area contributed by atoms with Gasteiger partial charge in [0.1, 0.15) is 11.6 Å². The molecular weight excluding hydrogens is 285 g/mol. The van der Waals surface area contributed by atoms with Crippen molar-refractivity contribution < 1.29 is 22.7 Å². The molecule has 0 aliphatic carbocycles. The van der Waals surface area contributed by atoms with E-state index >= 15 is 0 Å². The zero-order chi connectivity index (χ0) is 16.3. The van der Waals surface area contributed by atoms with Gasteiger partial charge in [0.2, 0.25) is 0 Å². The van der Waals surface area contributed by atoms with Crippen molar-refractivity contribution in [1.29, 1.82) is 0 Å². The van der Waals surface area contributed by atoms with Crippen molar-refractivity contribution >= 4 is 6.09 Å². The van der Waals surface area contributed by atoms with E-state index in [9.17, 15) is 18.0 Å². The number of alkyl halides is 3. The molecule has 0 radical (unpaired) electrons. The molecule has 0 spiro atoms. The maximum Gasteiger partial charge on any atom is 0.410 e. The summed E-state index contributed by atoms with van der Waals surface area (Å²) in [7, 11) is 0. The quantitative estimate of drug-likeness (QED) is 0.901. The summed E-state index contributed by atoms with van der Waals surface area (Å²) in [5.41, 5.74) is 5.03. The predicted molar refractivity (Wildman–Crippen MR) is 72.6 cm³/mol. The van der Waals surface area contributed by atoms with Crippen molar-refractivity contribution in [3.8, 4) is 0 Å². The Kier molecular flexibility index (Phi) is 5.22. The minimum absolute atomic E-state index is 0.274. The van der Waals surface area contributed by atoms with Crippen LogP contribution in [0.4, 0.5) is 18.0 Å². The topological polar surface area (TPSA) is 64.3 Å². The number of nitrogens with two attached hydrogens (primary N) is 1. The second-order valence-corrected chi connectivity index (χ2v) is 5.60. The molecule has 0 saturated carbocycles. The molecule has 1 amide bonds. The third-order valence-electron chi connectivity index (χ3n) is 2.57. The van der Waals surface area contributed by atoms with E-state index < -0.39 is 30.0 Å². The Morgan fingerprint density at radius 2 is 1.71 bits per heavy atom. The number of ether oxygens (including phenoxy) is 1. The molecule has 1 aromatic rings. The highest BCUT2D eigenvalue weighted by Crippen LogP contribution is 2.29. The average Bonchev–Trinajstić information content (AvgIpc) is 2.33. The van der Waals surface area contributed by atoms with E-state index in [1.807, 2.05) is 0 Å². The van der Waals surface area contributed by atoms with E-state index in [4.69, 9.17) is 10.5 Å². The first-order chi connectivity index (χ1) is 9.50. The molecule has 1 rings (SSSR count). The van der Waals surface area contributed by atoms with Crippen molar-refractivity contribution in [3.63, 3.8) is 0 Å². The van der Waals surface area contributed by atoms with Crippen LogP contribution in [0.3, 0.4) is 0 Å². The standard InChI is InChI=1S/C14H19F3N2O2/c1-13(2,3)21-12(20)19-11(14(15,16)17)10(18)9-7-5-4-6-8-9/h4-8,10-11H,18H2,1-3H3,(H,19,20)/t10-,11+/m1/s1. The number of hydrogen-bond donors (Lipinski definition) is 2. The zero-order valence-electron chi connectivity index (χ0n) is 12.1. The van der Waals surface area contributed by atoms with Crippen molar-refractivity contribution in [2.45, 2.75) is 44.6 Å². The fraction of sp³-hybridized carbons (Fsp3) is 0.500. The van der Waals surface area contributed by atoms with Crippen LogP contribution in [0.5, 0.6) is 0 Å². The fourth-order valence-corrected chi connectivity index (χ4v) is 1.68. The van der Waals surface area contributed by atoms with Crippen LogP contribution in [0, 0.1) is 0 Å². The number of alkyl carbamates (subject to hydrolysis) is 1. The summed E-state index contributed by atoms with van der Waals surface area (Å²) >= 11 is 0. The van der Waals surface area contributed by atoms with Crippen LogP contribution in [0.2, 0.25) is 0 Å². The summed E-state index contributed by atoms with van der Waals surface area (Å²) in [4.78, 5) is 11.6. The highest BCUT2D eigenvalue weighted by Gasteiger charge is 2.45. The smallest absolute Gasteiger partial charge is 0.410 e. The summed E-state index contributed by atoms with van der Waals surface area (Å²) in [6.07, 6.45) is -5.84. The first-order valence-corrected chi connectivity index (χ1v) is 6.37. The summed E-state index contributed by atoms with van der Waals surface area (Å²) < 4.78 is 44.1. The van der Waals surface area contributed by atoms with Crippen molar-refractivity contribution in [1.82, 2.24) is 5.32 Å². The van der Waals surface area contributed by atoms with Crippen LogP contribution >= 0.6 is 0 Å². The number of amides is 1. The van der Waals surface area contributed by atoms with Gasteiger partial charge >= 0.3 is 12.3 Å². The van der Waals surface area contributed by atoms with E-state index in [-0.39, 0.29) is 5.56 Å². The molecule has 0 unspecified atom stereocenters. The monoisotopic (exact) mass is 304 g/mol. The Morgan fingerprint density at radius 3 is 2.14 bits per heavy atom. The van der Waals surface area contributed by atoms with Crippen LogP contribution in [0.1, 0.15) is 32.4 Å². The lowest BCUT2D eigenvalue weighted by molar-refractivity contribution is -0.160. The van der Waals surface area contributed by atoms with E-state index in [0.717, 1.165) is 0 Å². The Hall–Kier alpha value is -1.76. The lowest BCUT2D eigenvalue weighted by Crippen LogP contribution is -2.52. The van der Waals surface area contributed by atoms with Gasteiger partial charge in [0.05, 0.1) is 6.04 Å². The first kappa shape index (κ1) is 17.3. The predicted octanol–water partition coefficient (Wildman–Crippen LogP) is 3.14. The molecule has 0 saturated heterocycles. The second kappa shape index (κ2) is 6.34. The largest absolute Gasteiger partial charge is 0.444 e. The van der Waals surface area contributed by atoms with Crippen molar-refractivity contribution in [3.05, 3.63) is 35.9 Å². The van der Waals surface area contributed by atoms with Gasteiger partial charge in [0.25, 0.3) is 0 Å². The molecular formula is C14H19F3N2O2. The fourth-order valence-electron chi connectivity index (χ4n) is 1.68. The molecule has 0 aliphatic rings. The lowest BCUT2D eigenvalue weighted by Gasteiger charge is -2.29. The van der Waals surface area contributed by atoms with E-state index in [2.05, 4.69) is 0 Å². The molecule has 0 aromatic heterocycles. The number of benzene rings is 1. The number of hydrogen-bond acceptors (Lipinski definition) is 3. The third-order valence-corrected chi connectivity index (χ3v) is 2.57.